The van der Waals surface area contributed by atoms with E-state index in [2.05, 4.69) is 25.6 Å². The van der Waals surface area contributed by atoms with E-state index in [-0.39, 0.29) is 11.8 Å². The Labute approximate surface area is 146 Å². The first-order valence-corrected chi connectivity index (χ1v) is 7.39. The quantitative estimate of drug-likeness (QED) is 0.761. The second-order valence-electron chi connectivity index (χ2n) is 4.09. The number of nitrogens with one attached hydrogen (secondary N) is 2. The second kappa shape index (κ2) is 6.83. The first kappa shape index (κ1) is 17.0. The highest BCUT2D eigenvalue weighted by Gasteiger charge is 2.28. The maximum Gasteiger partial charge on any atom is 0.326 e. The van der Waals surface area contributed by atoms with Crippen LogP contribution in [-0.4, -0.2) is 21.0 Å². The van der Waals surface area contributed by atoms with Gasteiger partial charge in [-0.1, -0.05) is 58.5 Å². The van der Waals surface area contributed by atoms with Crippen molar-refractivity contribution < 1.29 is 4.79 Å². The van der Waals surface area contributed by atoms with E-state index >= 15 is 0 Å². The molecule has 2 amide bonds. The van der Waals surface area contributed by atoms with Crippen LogP contribution in [0, 0.1) is 6.92 Å². The molecule has 1 heterocycles. The molecule has 0 saturated heterocycles. The van der Waals surface area contributed by atoms with Crippen LogP contribution in [-0.2, 0) is 3.79 Å². The van der Waals surface area contributed by atoms with Crippen molar-refractivity contribution in [3.63, 3.8) is 0 Å². The lowest BCUT2D eigenvalue weighted by Gasteiger charge is -2.12. The van der Waals surface area contributed by atoms with E-state index in [1.165, 1.54) is 0 Å². The molecule has 2 N–H and O–H groups in total. The van der Waals surface area contributed by atoms with Gasteiger partial charge in [0.25, 0.3) is 0 Å². The number of carbonyl (C=O) groups is 1. The lowest BCUT2D eigenvalue weighted by atomic mass is 10.3. The molecule has 2 aromatic rings. The highest BCUT2D eigenvalue weighted by molar-refractivity contribution is 6.66. The minimum atomic E-state index is -1.82. The van der Waals surface area contributed by atoms with E-state index in [4.69, 9.17) is 46.4 Å². The molecule has 10 heteroatoms. The number of hydrogen-bond acceptors (Lipinski definition) is 4. The van der Waals surface area contributed by atoms with Crippen molar-refractivity contribution in [1.29, 1.82) is 0 Å². The maximum absolute atomic E-state index is 11.9. The maximum atomic E-state index is 11.9. The van der Waals surface area contributed by atoms with Crippen LogP contribution >= 0.6 is 46.4 Å². The van der Waals surface area contributed by atoms with Crippen molar-refractivity contribution in [2.75, 3.05) is 10.6 Å². The van der Waals surface area contributed by atoms with E-state index in [0.29, 0.717) is 16.5 Å². The normalized spacial score (nSPS) is 11.1. The van der Waals surface area contributed by atoms with Crippen molar-refractivity contribution in [3.8, 4) is 0 Å². The number of halogens is 4. The fourth-order valence-corrected chi connectivity index (χ4v) is 1.92. The molecule has 2 rings (SSSR count). The molecule has 0 aliphatic heterocycles. The van der Waals surface area contributed by atoms with Gasteiger partial charge in [-0.2, -0.15) is 9.97 Å². The molecular formula is C12H9Cl4N5O. The summed E-state index contributed by atoms with van der Waals surface area (Å²) in [5, 5.41) is 5.37. The van der Waals surface area contributed by atoms with Gasteiger partial charge in [-0.15, -0.1) is 0 Å². The third-order valence-corrected chi connectivity index (χ3v) is 3.18. The number of carbonyl (C=O) groups excluding carboxylic acids is 1. The number of anilines is 2. The molecular weight excluding hydrogens is 372 g/mol. The SMILES string of the molecule is Cc1nc(NC(=O)Nc2ccccc2Cl)nc(C(Cl)(Cl)Cl)n1. The first-order chi connectivity index (χ1) is 10.3. The number of benzene rings is 1. The smallest absolute Gasteiger partial charge is 0.306 e. The Kier molecular flexibility index (Phi) is 5.28. The molecule has 22 heavy (non-hydrogen) atoms. The second-order valence-corrected chi connectivity index (χ2v) is 6.77. The number of para-hydroxylation sites is 1. The first-order valence-electron chi connectivity index (χ1n) is 5.88. The average Bonchev–Trinajstić information content (AvgIpc) is 2.39. The van der Waals surface area contributed by atoms with Crippen molar-refractivity contribution in [2.45, 2.75) is 10.7 Å². The number of urea groups is 1. The zero-order valence-electron chi connectivity index (χ0n) is 11.1. The summed E-state index contributed by atoms with van der Waals surface area (Å²) in [5.74, 6) is 0.167. The molecule has 0 saturated carbocycles. The zero-order valence-corrected chi connectivity index (χ0v) is 14.1. The Balaban J connectivity index is 2.15. The number of nitrogens with zero attached hydrogens (tertiary/aromatic N) is 3. The van der Waals surface area contributed by atoms with Crippen LogP contribution in [0.3, 0.4) is 0 Å². The van der Waals surface area contributed by atoms with E-state index in [0.717, 1.165) is 0 Å². The number of hydrogen-bond donors (Lipinski definition) is 2. The molecule has 0 unspecified atom stereocenters. The van der Waals surface area contributed by atoms with E-state index < -0.39 is 9.82 Å². The van der Waals surface area contributed by atoms with Crippen LogP contribution in [0.4, 0.5) is 16.4 Å². The summed E-state index contributed by atoms with van der Waals surface area (Å²) < 4.78 is -1.82. The Bertz CT molecular complexity index is 704. The molecule has 0 aliphatic carbocycles. The van der Waals surface area contributed by atoms with Gasteiger partial charge in [-0.3, -0.25) is 5.32 Å². The van der Waals surface area contributed by atoms with E-state index in [1.807, 2.05) is 0 Å². The standard InChI is InChI=1S/C12H9Cl4N5O/c1-6-17-9(12(14,15)16)20-10(18-6)21-11(22)19-8-5-3-2-4-7(8)13/h2-5H,1H3,(H2,17,18,19,20,21,22). The number of alkyl halides is 3. The highest BCUT2D eigenvalue weighted by atomic mass is 35.6. The van der Waals surface area contributed by atoms with Crippen LogP contribution in [0.1, 0.15) is 11.6 Å². The molecule has 0 bridgehead atoms. The van der Waals surface area contributed by atoms with Gasteiger partial charge in [-0.05, 0) is 19.1 Å². The molecule has 1 aromatic carbocycles. The Morgan fingerprint density at radius 3 is 2.41 bits per heavy atom. The molecule has 6 nitrogen and oxygen atoms in total. The topological polar surface area (TPSA) is 79.8 Å². The molecule has 116 valence electrons. The van der Waals surface area contributed by atoms with Crippen LogP contribution < -0.4 is 10.6 Å². The number of aryl methyl sites for hydroxylation is 1. The minimum absolute atomic E-state index is 0.0432. The summed E-state index contributed by atoms with van der Waals surface area (Å²) in [6, 6.07) is 6.18. The predicted molar refractivity (Wildman–Crippen MR) is 87.9 cm³/mol. The fourth-order valence-electron chi connectivity index (χ4n) is 1.48. The van der Waals surface area contributed by atoms with Crippen LogP contribution in [0.15, 0.2) is 24.3 Å². The third-order valence-electron chi connectivity index (χ3n) is 2.35. The summed E-state index contributed by atoms with van der Waals surface area (Å²) in [7, 11) is 0. The largest absolute Gasteiger partial charge is 0.326 e. The van der Waals surface area contributed by atoms with Crippen LogP contribution in [0.2, 0.25) is 5.02 Å². The van der Waals surface area contributed by atoms with Crippen molar-refractivity contribution in [2.24, 2.45) is 0 Å². The fraction of sp³-hybridized carbons (Fsp3) is 0.167. The summed E-state index contributed by atoms with van der Waals surface area (Å²) in [6.07, 6.45) is 0. The van der Waals surface area contributed by atoms with Gasteiger partial charge in [0, 0.05) is 0 Å². The summed E-state index contributed by atoms with van der Waals surface area (Å²) in [4.78, 5) is 23.7. The van der Waals surface area contributed by atoms with Gasteiger partial charge >= 0.3 is 6.03 Å². The molecule has 0 fully saturated rings. The van der Waals surface area contributed by atoms with Crippen LogP contribution in [0.25, 0.3) is 0 Å². The van der Waals surface area contributed by atoms with Gasteiger partial charge in [0.2, 0.25) is 9.74 Å². The van der Waals surface area contributed by atoms with Gasteiger partial charge < -0.3 is 5.32 Å². The molecule has 1 aromatic heterocycles. The predicted octanol–water partition coefficient (Wildman–Crippen LogP) is 4.30. The molecule has 0 aliphatic rings. The lowest BCUT2D eigenvalue weighted by Crippen LogP contribution is -2.22. The van der Waals surface area contributed by atoms with Crippen molar-refractivity contribution >= 4 is 64.1 Å². The average molecular weight is 381 g/mol. The Morgan fingerprint density at radius 1 is 1.09 bits per heavy atom. The third kappa shape index (κ3) is 4.58. The van der Waals surface area contributed by atoms with E-state index in [9.17, 15) is 4.79 Å². The summed E-state index contributed by atoms with van der Waals surface area (Å²) >= 11 is 23.1. The lowest BCUT2D eigenvalue weighted by molar-refractivity contribution is 0.262. The van der Waals surface area contributed by atoms with Gasteiger partial charge in [0.05, 0.1) is 10.7 Å². The Morgan fingerprint density at radius 2 is 1.77 bits per heavy atom. The molecule has 0 atom stereocenters. The summed E-state index contributed by atoms with van der Waals surface area (Å²) in [6.45, 7) is 1.58. The number of amides is 2. The minimum Gasteiger partial charge on any atom is -0.306 e. The van der Waals surface area contributed by atoms with Crippen molar-refractivity contribution in [1.82, 2.24) is 15.0 Å². The van der Waals surface area contributed by atoms with E-state index in [1.54, 1.807) is 31.2 Å². The molecule has 0 radical (unpaired) electrons. The Hall–Kier alpha value is -1.34. The molecule has 0 spiro atoms. The summed E-state index contributed by atoms with van der Waals surface area (Å²) in [5.41, 5.74) is 0.439. The zero-order chi connectivity index (χ0) is 16.3. The highest BCUT2D eigenvalue weighted by Crippen LogP contribution is 2.35. The van der Waals surface area contributed by atoms with Gasteiger partial charge in [0.15, 0.2) is 5.82 Å². The monoisotopic (exact) mass is 379 g/mol. The van der Waals surface area contributed by atoms with Crippen LogP contribution in [0.5, 0.6) is 0 Å². The van der Waals surface area contributed by atoms with Gasteiger partial charge in [-0.25, -0.2) is 9.78 Å². The van der Waals surface area contributed by atoms with Gasteiger partial charge in [0.1, 0.15) is 5.82 Å². The van der Waals surface area contributed by atoms with Crippen molar-refractivity contribution in [3.05, 3.63) is 40.9 Å². The number of rotatable bonds is 2. The number of aromatic nitrogens is 3.